The van der Waals surface area contributed by atoms with E-state index >= 15 is 0 Å². The number of fused-ring (bicyclic) bond motifs is 1. The molecule has 0 saturated heterocycles. The van der Waals surface area contributed by atoms with E-state index in [0.717, 1.165) is 22.3 Å². The van der Waals surface area contributed by atoms with Gasteiger partial charge in [-0.05, 0) is 66.4 Å². The third-order valence-electron chi connectivity index (χ3n) is 6.18. The van der Waals surface area contributed by atoms with Gasteiger partial charge in [0.05, 0.1) is 39.4 Å². The Morgan fingerprint density at radius 3 is 1.97 bits per heavy atom. The fraction of sp³-hybridized carbons (Fsp3) is 0.308. The van der Waals surface area contributed by atoms with E-state index in [1.807, 2.05) is 43.3 Å². The van der Waals surface area contributed by atoms with Crippen molar-refractivity contribution in [3.63, 3.8) is 0 Å². The van der Waals surface area contributed by atoms with E-state index in [1.165, 1.54) is 0 Å². The van der Waals surface area contributed by atoms with E-state index < -0.39 is 16.1 Å². The Balaban J connectivity index is 1.93. The molecule has 0 amide bonds. The molecule has 1 aliphatic rings. The van der Waals surface area contributed by atoms with Crippen LogP contribution < -0.4 is 18.9 Å². The molecule has 180 valence electrons. The largest absolute Gasteiger partial charge is 0.493 e. The first-order chi connectivity index (χ1) is 16.3. The van der Waals surface area contributed by atoms with Crippen LogP contribution in [0.1, 0.15) is 28.3 Å². The lowest BCUT2D eigenvalue weighted by atomic mass is 9.89. The number of methoxy groups -OCH3 is 4. The van der Waals surface area contributed by atoms with Gasteiger partial charge in [-0.1, -0.05) is 23.8 Å². The zero-order valence-corrected chi connectivity index (χ0v) is 20.8. The van der Waals surface area contributed by atoms with Crippen molar-refractivity contribution < 1.29 is 27.4 Å². The Morgan fingerprint density at radius 1 is 0.765 bits per heavy atom. The van der Waals surface area contributed by atoms with Gasteiger partial charge in [0.25, 0.3) is 0 Å². The second kappa shape index (κ2) is 9.56. The number of benzene rings is 3. The summed E-state index contributed by atoms with van der Waals surface area (Å²) in [5.74, 6) is 2.26. The number of nitrogens with zero attached hydrogens (tertiary/aromatic N) is 1. The molecule has 0 unspecified atom stereocenters. The van der Waals surface area contributed by atoms with Gasteiger partial charge in [-0.25, -0.2) is 8.42 Å². The molecule has 0 spiro atoms. The fourth-order valence-electron chi connectivity index (χ4n) is 4.40. The first kappa shape index (κ1) is 23.9. The van der Waals surface area contributed by atoms with Crippen LogP contribution in [-0.4, -0.2) is 47.7 Å². The third-order valence-corrected chi connectivity index (χ3v) is 8.06. The molecule has 0 saturated carbocycles. The predicted molar refractivity (Wildman–Crippen MR) is 130 cm³/mol. The Kier molecular flexibility index (Phi) is 6.72. The highest BCUT2D eigenvalue weighted by Crippen LogP contribution is 2.44. The highest BCUT2D eigenvalue weighted by molar-refractivity contribution is 7.89. The van der Waals surface area contributed by atoms with Crippen LogP contribution >= 0.6 is 0 Å². The van der Waals surface area contributed by atoms with E-state index in [1.54, 1.807) is 50.9 Å². The molecule has 0 radical (unpaired) electrons. The van der Waals surface area contributed by atoms with E-state index in [-0.39, 0.29) is 4.90 Å². The number of aryl methyl sites for hydroxylation is 1. The summed E-state index contributed by atoms with van der Waals surface area (Å²) in [6.45, 7) is 2.25. The topological polar surface area (TPSA) is 74.3 Å². The van der Waals surface area contributed by atoms with Crippen LogP contribution in [0.2, 0.25) is 0 Å². The summed E-state index contributed by atoms with van der Waals surface area (Å²) in [5, 5.41) is 0. The zero-order valence-electron chi connectivity index (χ0n) is 20.0. The summed E-state index contributed by atoms with van der Waals surface area (Å²) >= 11 is 0. The van der Waals surface area contributed by atoms with Gasteiger partial charge in [-0.15, -0.1) is 0 Å². The molecular formula is C26H29NO6S. The second-order valence-corrected chi connectivity index (χ2v) is 9.99. The number of hydrogen-bond donors (Lipinski definition) is 0. The van der Waals surface area contributed by atoms with Crippen molar-refractivity contribution in [2.75, 3.05) is 35.0 Å². The van der Waals surface area contributed by atoms with Crippen LogP contribution in [0.15, 0.2) is 59.5 Å². The maximum Gasteiger partial charge on any atom is 0.243 e. The van der Waals surface area contributed by atoms with Gasteiger partial charge in [-0.2, -0.15) is 4.31 Å². The molecule has 1 atom stereocenters. The van der Waals surface area contributed by atoms with Crippen molar-refractivity contribution in [1.82, 2.24) is 4.31 Å². The summed E-state index contributed by atoms with van der Waals surface area (Å²) in [7, 11) is 2.49. The van der Waals surface area contributed by atoms with Crippen molar-refractivity contribution in [3.05, 3.63) is 76.9 Å². The Labute approximate surface area is 200 Å². The van der Waals surface area contributed by atoms with Crippen LogP contribution in [0.5, 0.6) is 23.0 Å². The molecule has 8 heteroatoms. The summed E-state index contributed by atoms with van der Waals surface area (Å²) in [5.41, 5.74) is 3.61. The second-order valence-electron chi connectivity index (χ2n) is 8.10. The van der Waals surface area contributed by atoms with Crippen LogP contribution in [-0.2, 0) is 16.4 Å². The van der Waals surface area contributed by atoms with Crippen molar-refractivity contribution in [3.8, 4) is 23.0 Å². The molecule has 1 aliphatic heterocycles. The minimum atomic E-state index is -3.80. The number of hydrogen-bond acceptors (Lipinski definition) is 6. The fourth-order valence-corrected chi connectivity index (χ4v) is 5.99. The molecule has 0 N–H and O–H groups in total. The zero-order chi connectivity index (χ0) is 24.5. The maximum absolute atomic E-state index is 13.9. The Hall–Kier alpha value is -3.23. The van der Waals surface area contributed by atoms with Crippen LogP contribution in [0.3, 0.4) is 0 Å². The number of sulfonamides is 1. The van der Waals surface area contributed by atoms with Crippen molar-refractivity contribution >= 4 is 10.0 Å². The standard InChI is InChI=1S/C26H29NO6S/c1-17-6-9-20(10-7-17)34(28,29)27-13-12-18-14-24(32-4)25(33-5)16-21(18)26(27)19-8-11-22(30-2)23(15-19)31-3/h6-11,14-16,26H,12-13H2,1-5H3/t26-/m0/s1. The van der Waals surface area contributed by atoms with Gasteiger partial charge >= 0.3 is 0 Å². The highest BCUT2D eigenvalue weighted by atomic mass is 32.2. The molecule has 3 aromatic carbocycles. The van der Waals surface area contributed by atoms with Crippen LogP contribution in [0, 0.1) is 6.92 Å². The molecule has 34 heavy (non-hydrogen) atoms. The smallest absolute Gasteiger partial charge is 0.243 e. The van der Waals surface area contributed by atoms with E-state index in [0.29, 0.717) is 36.0 Å². The molecule has 3 aromatic rings. The quantitative estimate of drug-likeness (QED) is 0.497. The van der Waals surface area contributed by atoms with Crippen LogP contribution in [0.25, 0.3) is 0 Å². The normalized spacial score (nSPS) is 16.0. The van der Waals surface area contributed by atoms with Gasteiger partial charge in [0, 0.05) is 6.54 Å². The lowest BCUT2D eigenvalue weighted by molar-refractivity contribution is 0.328. The van der Waals surface area contributed by atoms with Gasteiger partial charge in [0.1, 0.15) is 0 Å². The van der Waals surface area contributed by atoms with Gasteiger partial charge in [-0.3, -0.25) is 0 Å². The third kappa shape index (κ3) is 4.19. The molecule has 4 rings (SSSR count). The minimum Gasteiger partial charge on any atom is -0.493 e. The Bertz CT molecular complexity index is 1290. The molecule has 7 nitrogen and oxygen atoms in total. The average molecular weight is 484 g/mol. The molecule has 1 heterocycles. The van der Waals surface area contributed by atoms with E-state index in [4.69, 9.17) is 18.9 Å². The first-order valence-electron chi connectivity index (χ1n) is 10.9. The summed E-state index contributed by atoms with van der Waals surface area (Å²) in [6.07, 6.45) is 0.546. The Morgan fingerprint density at radius 2 is 1.35 bits per heavy atom. The lowest BCUT2D eigenvalue weighted by Crippen LogP contribution is -2.40. The summed E-state index contributed by atoms with van der Waals surface area (Å²) < 4.78 is 51.2. The van der Waals surface area contributed by atoms with Crippen molar-refractivity contribution in [2.45, 2.75) is 24.3 Å². The monoisotopic (exact) mass is 483 g/mol. The maximum atomic E-state index is 13.9. The molecule has 0 fully saturated rings. The predicted octanol–water partition coefficient (Wildman–Crippen LogP) is 4.37. The lowest BCUT2D eigenvalue weighted by Gasteiger charge is -2.37. The average Bonchev–Trinajstić information content (AvgIpc) is 2.86. The summed E-state index contributed by atoms with van der Waals surface area (Å²) in [6, 6.07) is 15.6. The molecule has 0 aromatic heterocycles. The molecule has 0 aliphatic carbocycles. The van der Waals surface area contributed by atoms with Gasteiger partial charge in [0.2, 0.25) is 10.0 Å². The SMILES string of the molecule is COc1ccc([C@H]2c3cc(OC)c(OC)cc3CCN2S(=O)(=O)c2ccc(C)cc2)cc1OC. The van der Waals surface area contributed by atoms with Crippen molar-refractivity contribution in [1.29, 1.82) is 0 Å². The van der Waals surface area contributed by atoms with Gasteiger partial charge in [0.15, 0.2) is 23.0 Å². The van der Waals surface area contributed by atoms with Crippen molar-refractivity contribution in [2.24, 2.45) is 0 Å². The van der Waals surface area contributed by atoms with Crippen LogP contribution in [0.4, 0.5) is 0 Å². The van der Waals surface area contributed by atoms with Gasteiger partial charge < -0.3 is 18.9 Å². The number of rotatable bonds is 7. The first-order valence-corrected chi connectivity index (χ1v) is 12.3. The molecular weight excluding hydrogens is 454 g/mol. The number of ether oxygens (including phenoxy) is 4. The highest BCUT2D eigenvalue weighted by Gasteiger charge is 2.38. The summed E-state index contributed by atoms with van der Waals surface area (Å²) in [4.78, 5) is 0.257. The molecule has 0 bridgehead atoms. The van der Waals surface area contributed by atoms with E-state index in [9.17, 15) is 8.42 Å². The van der Waals surface area contributed by atoms with E-state index in [2.05, 4.69) is 0 Å². The minimum absolute atomic E-state index is 0.257.